The molecular formula is C21H22N4O. The first kappa shape index (κ1) is 16.5. The van der Waals surface area contributed by atoms with Gasteiger partial charge in [-0.3, -0.25) is 4.79 Å². The second kappa shape index (κ2) is 6.09. The maximum atomic E-state index is 13.4. The number of amides is 1. The molecule has 26 heavy (non-hydrogen) atoms. The van der Waals surface area contributed by atoms with E-state index in [2.05, 4.69) is 24.2 Å². The van der Waals surface area contributed by atoms with Gasteiger partial charge in [-0.2, -0.15) is 0 Å². The van der Waals surface area contributed by atoms with Gasteiger partial charge < -0.3 is 4.90 Å². The van der Waals surface area contributed by atoms with Crippen LogP contribution in [-0.2, 0) is 0 Å². The van der Waals surface area contributed by atoms with Gasteiger partial charge in [0, 0.05) is 28.8 Å². The Balaban J connectivity index is 2.15. The first-order valence-electron chi connectivity index (χ1n) is 8.98. The second-order valence-corrected chi connectivity index (χ2v) is 7.16. The van der Waals surface area contributed by atoms with Crippen molar-refractivity contribution in [2.75, 3.05) is 4.90 Å². The fourth-order valence-electron chi connectivity index (χ4n) is 3.60. The molecule has 4 rings (SSSR count). The van der Waals surface area contributed by atoms with Crippen LogP contribution in [0.2, 0.25) is 0 Å². The number of carbonyl (C=O) groups is 1. The third-order valence-electron chi connectivity index (χ3n) is 4.75. The lowest BCUT2D eigenvalue weighted by Gasteiger charge is -2.31. The minimum Gasteiger partial charge on any atom is -0.305 e. The van der Waals surface area contributed by atoms with Crippen molar-refractivity contribution in [2.24, 2.45) is 0 Å². The van der Waals surface area contributed by atoms with E-state index in [9.17, 15) is 4.79 Å². The first-order chi connectivity index (χ1) is 12.5. The number of fused-ring (bicyclic) bond motifs is 5. The summed E-state index contributed by atoms with van der Waals surface area (Å²) in [7, 11) is 0. The summed E-state index contributed by atoms with van der Waals surface area (Å²) in [6.07, 6.45) is 0. The quantitative estimate of drug-likeness (QED) is 0.683. The Morgan fingerprint density at radius 3 is 2.08 bits per heavy atom. The number of rotatable bonds is 2. The van der Waals surface area contributed by atoms with Crippen LogP contribution in [0, 0.1) is 0 Å². The SMILES string of the molecule is CC(C)N1C(=O)c2ccccc2-c2nnn(C(C)C)c2-c2ccccc21. The lowest BCUT2D eigenvalue weighted by Crippen LogP contribution is -2.38. The molecule has 0 fully saturated rings. The van der Waals surface area contributed by atoms with Crippen molar-refractivity contribution in [1.82, 2.24) is 15.0 Å². The number of aromatic nitrogens is 3. The molecular weight excluding hydrogens is 324 g/mol. The third kappa shape index (κ3) is 2.35. The molecule has 0 spiro atoms. The molecule has 0 radical (unpaired) electrons. The van der Waals surface area contributed by atoms with Crippen molar-refractivity contribution in [3.05, 3.63) is 54.1 Å². The summed E-state index contributed by atoms with van der Waals surface area (Å²) in [6, 6.07) is 15.9. The van der Waals surface area contributed by atoms with Crippen molar-refractivity contribution in [3.63, 3.8) is 0 Å². The molecule has 2 aromatic carbocycles. The zero-order chi connectivity index (χ0) is 18.4. The molecule has 0 N–H and O–H groups in total. The largest absolute Gasteiger partial charge is 0.305 e. The molecule has 5 nitrogen and oxygen atoms in total. The molecule has 0 unspecified atom stereocenters. The number of benzene rings is 2. The Kier molecular flexibility index (Phi) is 3.87. The van der Waals surface area contributed by atoms with Gasteiger partial charge in [0.1, 0.15) is 5.69 Å². The van der Waals surface area contributed by atoms with Crippen LogP contribution in [0.3, 0.4) is 0 Å². The highest BCUT2D eigenvalue weighted by Crippen LogP contribution is 2.42. The summed E-state index contributed by atoms with van der Waals surface area (Å²) in [5.74, 6) is -0.00667. The van der Waals surface area contributed by atoms with Gasteiger partial charge >= 0.3 is 0 Å². The summed E-state index contributed by atoms with van der Waals surface area (Å²) in [6.45, 7) is 8.26. The Morgan fingerprint density at radius 2 is 1.42 bits per heavy atom. The minimum absolute atomic E-state index is 0.00667. The van der Waals surface area contributed by atoms with Crippen molar-refractivity contribution in [3.8, 4) is 22.5 Å². The van der Waals surface area contributed by atoms with Crippen LogP contribution in [-0.4, -0.2) is 26.9 Å². The van der Waals surface area contributed by atoms with Crippen molar-refractivity contribution < 1.29 is 4.79 Å². The maximum Gasteiger partial charge on any atom is 0.259 e. The summed E-state index contributed by atoms with van der Waals surface area (Å²) in [5.41, 5.74) is 5.09. The predicted molar refractivity (Wildman–Crippen MR) is 103 cm³/mol. The van der Waals surface area contributed by atoms with Crippen molar-refractivity contribution in [1.29, 1.82) is 0 Å². The van der Waals surface area contributed by atoms with Crippen LogP contribution in [0.15, 0.2) is 48.5 Å². The maximum absolute atomic E-state index is 13.4. The predicted octanol–water partition coefficient (Wildman–Crippen LogP) is 4.56. The molecule has 5 heteroatoms. The minimum atomic E-state index is -0.00667. The van der Waals surface area contributed by atoms with Crippen LogP contribution in [0.1, 0.15) is 44.1 Å². The molecule has 132 valence electrons. The van der Waals surface area contributed by atoms with Gasteiger partial charge in [0.05, 0.1) is 11.4 Å². The summed E-state index contributed by atoms with van der Waals surface area (Å²) < 4.78 is 1.94. The molecule has 1 aromatic heterocycles. The zero-order valence-electron chi connectivity index (χ0n) is 15.5. The highest BCUT2D eigenvalue weighted by molar-refractivity contribution is 6.14. The van der Waals surface area contributed by atoms with E-state index < -0.39 is 0 Å². The van der Waals surface area contributed by atoms with E-state index in [-0.39, 0.29) is 18.0 Å². The lowest BCUT2D eigenvalue weighted by atomic mass is 9.94. The lowest BCUT2D eigenvalue weighted by molar-refractivity contribution is 0.0981. The Morgan fingerprint density at radius 1 is 0.808 bits per heavy atom. The highest BCUT2D eigenvalue weighted by Gasteiger charge is 2.32. The van der Waals surface area contributed by atoms with Crippen LogP contribution in [0.5, 0.6) is 0 Å². The molecule has 0 aliphatic carbocycles. The number of hydrogen-bond acceptors (Lipinski definition) is 3. The van der Waals surface area contributed by atoms with Crippen LogP contribution in [0.25, 0.3) is 22.5 Å². The fraction of sp³-hybridized carbons (Fsp3) is 0.286. The van der Waals surface area contributed by atoms with E-state index in [0.717, 1.165) is 28.2 Å². The monoisotopic (exact) mass is 346 g/mol. The molecule has 1 amide bonds. The van der Waals surface area contributed by atoms with Crippen LogP contribution < -0.4 is 4.90 Å². The molecule has 0 saturated carbocycles. The van der Waals surface area contributed by atoms with E-state index in [1.54, 1.807) is 0 Å². The molecule has 0 saturated heterocycles. The van der Waals surface area contributed by atoms with E-state index in [0.29, 0.717) is 5.56 Å². The van der Waals surface area contributed by atoms with Crippen LogP contribution >= 0.6 is 0 Å². The third-order valence-corrected chi connectivity index (χ3v) is 4.75. The number of hydrogen-bond donors (Lipinski definition) is 0. The van der Waals surface area contributed by atoms with Gasteiger partial charge in [0.15, 0.2) is 0 Å². The van der Waals surface area contributed by atoms with E-state index in [4.69, 9.17) is 0 Å². The van der Waals surface area contributed by atoms with Gasteiger partial charge in [-0.1, -0.05) is 41.6 Å². The van der Waals surface area contributed by atoms with Gasteiger partial charge in [0.2, 0.25) is 0 Å². The highest BCUT2D eigenvalue weighted by atomic mass is 16.2. The Hall–Kier alpha value is -2.95. The Labute approximate surface area is 153 Å². The molecule has 0 bridgehead atoms. The van der Waals surface area contributed by atoms with Gasteiger partial charge in [-0.15, -0.1) is 5.10 Å². The molecule has 1 aliphatic heterocycles. The summed E-state index contributed by atoms with van der Waals surface area (Å²) in [4.78, 5) is 15.3. The van der Waals surface area contributed by atoms with Crippen molar-refractivity contribution >= 4 is 11.6 Å². The molecule has 0 atom stereocenters. The number of nitrogens with zero attached hydrogens (tertiary/aromatic N) is 4. The number of para-hydroxylation sites is 1. The molecule has 2 heterocycles. The Bertz CT molecular complexity index is 987. The number of anilines is 1. The second-order valence-electron chi connectivity index (χ2n) is 7.16. The topological polar surface area (TPSA) is 51.0 Å². The van der Waals surface area contributed by atoms with Gasteiger partial charge in [0.25, 0.3) is 5.91 Å². The average molecular weight is 346 g/mol. The van der Waals surface area contributed by atoms with E-state index in [1.807, 2.05) is 72.0 Å². The standard InChI is InChI=1S/C21H22N4O/c1-13(2)24-18-12-8-7-11-17(18)20-19(22-23-25(20)14(3)4)15-9-5-6-10-16(15)21(24)26/h5-14H,1-4H3. The fourth-order valence-corrected chi connectivity index (χ4v) is 3.60. The smallest absolute Gasteiger partial charge is 0.259 e. The average Bonchev–Trinajstić information content (AvgIpc) is 3.05. The van der Waals surface area contributed by atoms with E-state index in [1.165, 1.54) is 0 Å². The van der Waals surface area contributed by atoms with E-state index >= 15 is 0 Å². The van der Waals surface area contributed by atoms with Crippen LogP contribution in [0.4, 0.5) is 5.69 Å². The van der Waals surface area contributed by atoms with Crippen molar-refractivity contribution in [2.45, 2.75) is 39.8 Å². The summed E-state index contributed by atoms with van der Waals surface area (Å²) >= 11 is 0. The zero-order valence-corrected chi connectivity index (χ0v) is 15.5. The van der Waals surface area contributed by atoms with Gasteiger partial charge in [-0.05, 0) is 39.8 Å². The molecule has 3 aromatic rings. The molecule has 1 aliphatic rings. The summed E-state index contributed by atoms with van der Waals surface area (Å²) in [5, 5.41) is 8.88. The normalized spacial score (nSPS) is 13.3. The van der Waals surface area contributed by atoms with Gasteiger partial charge in [-0.25, -0.2) is 4.68 Å². The first-order valence-corrected chi connectivity index (χ1v) is 8.98. The number of carbonyl (C=O) groups excluding carboxylic acids is 1.